The van der Waals surface area contributed by atoms with E-state index >= 15 is 0 Å². The molecule has 2 heteroatoms. The zero-order valence-corrected chi connectivity index (χ0v) is 12.5. The van der Waals surface area contributed by atoms with Crippen LogP contribution in [-0.2, 0) is 12.8 Å². The fraction of sp³-hybridized carbons (Fsp3) is 0.647. The Morgan fingerprint density at radius 3 is 2.26 bits per heavy atom. The van der Waals surface area contributed by atoms with Crippen molar-refractivity contribution < 1.29 is 0 Å². The topological polar surface area (TPSA) is 12.0 Å². The molecule has 0 aromatic heterocycles. The number of benzene rings is 1. The lowest BCUT2D eigenvalue weighted by molar-refractivity contribution is 0.263. The van der Waals surface area contributed by atoms with Gasteiger partial charge in [-0.15, -0.1) is 11.8 Å². The van der Waals surface area contributed by atoms with Gasteiger partial charge < -0.3 is 0 Å². The van der Waals surface area contributed by atoms with Crippen molar-refractivity contribution >= 4 is 11.8 Å². The van der Waals surface area contributed by atoms with E-state index < -0.39 is 0 Å². The van der Waals surface area contributed by atoms with Gasteiger partial charge in [-0.05, 0) is 67.7 Å². The summed E-state index contributed by atoms with van der Waals surface area (Å²) in [5.41, 5.74) is 3.24. The molecule has 1 spiro atoms. The van der Waals surface area contributed by atoms with Crippen molar-refractivity contribution in [3.05, 3.63) is 35.4 Å². The number of rotatable bonds is 0. The second-order valence-electron chi connectivity index (χ2n) is 6.62. The minimum absolute atomic E-state index is 0.386. The molecule has 1 aromatic rings. The standard InChI is InChI=1S/C17H23NS/c1-12-8-9-19-17(18-12)15-6-7-16(17)11-14-5-3-2-4-13(14)10-15/h2-5,12,15-16,18H,6-11H2,1H3. The summed E-state index contributed by atoms with van der Waals surface area (Å²) in [5, 5.41) is 4.03. The summed E-state index contributed by atoms with van der Waals surface area (Å²) in [6, 6.07) is 9.86. The van der Waals surface area contributed by atoms with Crippen LogP contribution in [0.4, 0.5) is 0 Å². The van der Waals surface area contributed by atoms with E-state index in [1.807, 2.05) is 0 Å². The third-order valence-electron chi connectivity index (χ3n) is 5.49. The van der Waals surface area contributed by atoms with E-state index in [2.05, 4.69) is 48.3 Å². The molecule has 3 atom stereocenters. The molecule has 3 unspecified atom stereocenters. The van der Waals surface area contributed by atoms with Gasteiger partial charge in [0.2, 0.25) is 0 Å². The molecule has 1 N–H and O–H groups in total. The summed E-state index contributed by atoms with van der Waals surface area (Å²) in [5.74, 6) is 3.03. The molecule has 1 aliphatic heterocycles. The molecule has 1 heterocycles. The first-order valence-corrected chi connectivity index (χ1v) is 8.75. The van der Waals surface area contributed by atoms with Gasteiger partial charge in [-0.3, -0.25) is 5.32 Å². The third kappa shape index (κ3) is 1.87. The predicted octanol–water partition coefficient (Wildman–Crippen LogP) is 3.62. The first-order valence-electron chi connectivity index (χ1n) is 7.76. The van der Waals surface area contributed by atoms with Crippen molar-refractivity contribution in [1.82, 2.24) is 5.32 Å². The van der Waals surface area contributed by atoms with E-state index in [0.29, 0.717) is 10.9 Å². The van der Waals surface area contributed by atoms with Gasteiger partial charge in [0.15, 0.2) is 0 Å². The molecule has 1 nitrogen and oxygen atoms in total. The van der Waals surface area contributed by atoms with Gasteiger partial charge in [0.05, 0.1) is 4.87 Å². The van der Waals surface area contributed by atoms with Crippen molar-refractivity contribution in [2.45, 2.75) is 49.9 Å². The molecular weight excluding hydrogens is 250 g/mol. The van der Waals surface area contributed by atoms with Crippen LogP contribution < -0.4 is 5.32 Å². The molecule has 1 saturated heterocycles. The lowest BCUT2D eigenvalue weighted by atomic mass is 9.93. The molecule has 1 saturated carbocycles. The zero-order chi connectivity index (χ0) is 12.9. The Labute approximate surface area is 120 Å². The average molecular weight is 273 g/mol. The molecular formula is C17H23NS. The number of fused-ring (bicyclic) bond motifs is 1. The van der Waals surface area contributed by atoms with Crippen LogP contribution in [0.5, 0.6) is 0 Å². The molecule has 2 fully saturated rings. The van der Waals surface area contributed by atoms with E-state index in [0.717, 1.165) is 11.8 Å². The molecule has 19 heavy (non-hydrogen) atoms. The SMILES string of the molecule is CC1CCSC2(N1)C1CCC2Cc2ccccc2C1. The average Bonchev–Trinajstić information content (AvgIpc) is 2.62. The first-order chi connectivity index (χ1) is 9.28. The molecule has 2 bridgehead atoms. The number of hydrogen-bond acceptors (Lipinski definition) is 2. The zero-order valence-electron chi connectivity index (χ0n) is 11.7. The van der Waals surface area contributed by atoms with Crippen molar-refractivity contribution in [2.24, 2.45) is 11.8 Å². The fourth-order valence-electron chi connectivity index (χ4n) is 4.53. The minimum atomic E-state index is 0.386. The van der Waals surface area contributed by atoms with Crippen molar-refractivity contribution in [3.8, 4) is 0 Å². The van der Waals surface area contributed by atoms with Crippen molar-refractivity contribution in [1.29, 1.82) is 0 Å². The highest BCUT2D eigenvalue weighted by molar-refractivity contribution is 8.00. The van der Waals surface area contributed by atoms with Crippen molar-refractivity contribution in [2.75, 3.05) is 5.75 Å². The Bertz CT molecular complexity index is 451. The molecule has 3 aliphatic rings. The van der Waals surface area contributed by atoms with Crippen LogP contribution in [0, 0.1) is 11.8 Å². The Morgan fingerprint density at radius 2 is 1.68 bits per heavy atom. The van der Waals surface area contributed by atoms with Crippen LogP contribution in [0.2, 0.25) is 0 Å². The molecule has 1 aromatic carbocycles. The largest absolute Gasteiger partial charge is 0.300 e. The maximum Gasteiger partial charge on any atom is 0.0710 e. The highest BCUT2D eigenvalue weighted by Crippen LogP contribution is 2.54. The maximum atomic E-state index is 4.03. The smallest absolute Gasteiger partial charge is 0.0710 e. The normalized spacial score (nSPS) is 41.0. The number of hydrogen-bond donors (Lipinski definition) is 1. The highest BCUT2D eigenvalue weighted by Gasteiger charge is 2.53. The summed E-state index contributed by atoms with van der Waals surface area (Å²) < 4.78 is 0. The summed E-state index contributed by atoms with van der Waals surface area (Å²) in [6.45, 7) is 2.37. The van der Waals surface area contributed by atoms with Crippen LogP contribution in [0.25, 0.3) is 0 Å². The van der Waals surface area contributed by atoms with E-state index in [1.165, 1.54) is 37.9 Å². The summed E-state index contributed by atoms with van der Waals surface area (Å²) in [6.07, 6.45) is 6.76. The Hall–Kier alpha value is -0.470. The van der Waals surface area contributed by atoms with E-state index in [9.17, 15) is 0 Å². The van der Waals surface area contributed by atoms with Gasteiger partial charge in [-0.2, -0.15) is 0 Å². The van der Waals surface area contributed by atoms with Crippen molar-refractivity contribution in [3.63, 3.8) is 0 Å². The lowest BCUT2D eigenvalue weighted by Crippen LogP contribution is -2.56. The van der Waals surface area contributed by atoms with Crippen LogP contribution in [-0.4, -0.2) is 16.7 Å². The first kappa shape index (κ1) is 12.3. The number of thioether (sulfide) groups is 1. The lowest BCUT2D eigenvalue weighted by Gasteiger charge is -2.45. The van der Waals surface area contributed by atoms with Gasteiger partial charge in [0.25, 0.3) is 0 Å². The molecule has 4 rings (SSSR count). The van der Waals surface area contributed by atoms with E-state index in [1.54, 1.807) is 11.1 Å². The molecule has 102 valence electrons. The predicted molar refractivity (Wildman–Crippen MR) is 82.5 cm³/mol. The maximum absolute atomic E-state index is 4.03. The van der Waals surface area contributed by atoms with Crippen LogP contribution >= 0.6 is 11.8 Å². The molecule has 0 amide bonds. The monoisotopic (exact) mass is 273 g/mol. The highest BCUT2D eigenvalue weighted by atomic mass is 32.2. The van der Waals surface area contributed by atoms with Gasteiger partial charge in [0.1, 0.15) is 0 Å². The molecule has 0 radical (unpaired) electrons. The van der Waals surface area contributed by atoms with Gasteiger partial charge in [0, 0.05) is 6.04 Å². The van der Waals surface area contributed by atoms with Gasteiger partial charge >= 0.3 is 0 Å². The Kier molecular flexibility index (Phi) is 2.93. The summed E-state index contributed by atoms with van der Waals surface area (Å²) in [4.78, 5) is 0.386. The third-order valence-corrected chi connectivity index (χ3v) is 7.19. The second-order valence-corrected chi connectivity index (χ2v) is 8.00. The Morgan fingerprint density at radius 1 is 1.05 bits per heavy atom. The van der Waals surface area contributed by atoms with Crippen LogP contribution in [0.15, 0.2) is 24.3 Å². The van der Waals surface area contributed by atoms with Crippen LogP contribution in [0.1, 0.15) is 37.3 Å². The van der Waals surface area contributed by atoms with E-state index in [4.69, 9.17) is 0 Å². The quantitative estimate of drug-likeness (QED) is 0.775. The molecule has 2 aliphatic carbocycles. The van der Waals surface area contributed by atoms with Crippen LogP contribution in [0.3, 0.4) is 0 Å². The number of nitrogens with one attached hydrogen (secondary N) is 1. The summed E-state index contributed by atoms with van der Waals surface area (Å²) in [7, 11) is 0. The van der Waals surface area contributed by atoms with E-state index in [-0.39, 0.29) is 0 Å². The van der Waals surface area contributed by atoms with Gasteiger partial charge in [-0.1, -0.05) is 24.3 Å². The van der Waals surface area contributed by atoms with Gasteiger partial charge in [-0.25, -0.2) is 0 Å². The Balaban J connectivity index is 1.73. The fourth-order valence-corrected chi connectivity index (χ4v) is 6.50. The second kappa shape index (κ2) is 4.53. The minimum Gasteiger partial charge on any atom is -0.300 e. The summed E-state index contributed by atoms with van der Waals surface area (Å²) >= 11 is 2.24.